The molecule has 1 amide bonds. The third kappa shape index (κ3) is 5.82. The summed E-state index contributed by atoms with van der Waals surface area (Å²) in [6.45, 7) is 8.48. The zero-order valence-electron chi connectivity index (χ0n) is 28.2. The summed E-state index contributed by atoms with van der Waals surface area (Å²) < 4.78 is 22.3. The number of alkyl carbamates (subject to hydrolysis) is 1. The van der Waals surface area contributed by atoms with Gasteiger partial charge in [0.25, 0.3) is 0 Å². The SMILES string of the molecule is C/C=C/COC(=O)N[C@@H](c1cccs1)[C@@H](O)C(=O)O[C@H]1C[C@@]2(O)[C@@H](OC(C)=O)[C@@H]3[C@]4(O)CO[C@@H]4C[C@H](O)[C@@]3(C)C(=O)[C@H](O)C(=C1C)C2(C)C. The van der Waals surface area contributed by atoms with Gasteiger partial charge in [-0.2, -0.15) is 0 Å². The Morgan fingerprint density at radius 3 is 2.45 bits per heavy atom. The van der Waals surface area contributed by atoms with Crippen LogP contribution in [0.4, 0.5) is 4.79 Å². The Hall–Kier alpha value is -3.18. The van der Waals surface area contributed by atoms with Gasteiger partial charge in [0, 0.05) is 36.0 Å². The standard InChI is InChI=1S/C34H45NO13S/c1-7-8-11-45-30(42)35-23(19-10-9-12-49-19)25(39)29(41)48-18-14-34(44)28(47-17(3)36)26-32(6,20(37)13-21-33(26,43)15-46-21)27(40)24(38)22(16(18)2)31(34,4)5/h7-10,12,18,20-21,23-26,28,37-39,43-44H,11,13-15H2,1-6H3,(H,35,42)/b8-7+/t18-,20-,21+,23-,24+,25+,26-,28-,32+,33-,34+/m0/s1. The Morgan fingerprint density at radius 1 is 1.18 bits per heavy atom. The van der Waals surface area contributed by atoms with Crippen LogP contribution in [0.3, 0.4) is 0 Å². The Morgan fingerprint density at radius 2 is 1.88 bits per heavy atom. The van der Waals surface area contributed by atoms with Gasteiger partial charge in [0.15, 0.2) is 11.9 Å². The lowest BCUT2D eigenvalue weighted by Gasteiger charge is -2.66. The number of Topliss-reactive ketones (excluding diaryl/α,β-unsaturated/α-hetero) is 1. The molecule has 15 heteroatoms. The molecule has 6 N–H and O–H groups in total. The van der Waals surface area contributed by atoms with E-state index in [2.05, 4.69) is 5.32 Å². The second-order valence-corrected chi connectivity index (χ2v) is 15.1. The molecule has 2 bridgehead atoms. The first-order valence-corrected chi connectivity index (χ1v) is 17.1. The van der Waals surface area contributed by atoms with Crippen LogP contribution in [-0.2, 0) is 33.3 Å². The topological polar surface area (TPSA) is 218 Å². The normalized spacial score (nSPS) is 37.8. The summed E-state index contributed by atoms with van der Waals surface area (Å²) in [4.78, 5) is 53.7. The third-order valence-electron chi connectivity index (χ3n) is 11.2. The van der Waals surface area contributed by atoms with E-state index >= 15 is 0 Å². The lowest BCUT2D eigenvalue weighted by molar-refractivity contribution is -0.345. The number of thiophene rings is 1. The van der Waals surface area contributed by atoms with Gasteiger partial charge >= 0.3 is 18.0 Å². The predicted octanol–water partition coefficient (Wildman–Crippen LogP) is 1.23. The van der Waals surface area contributed by atoms with E-state index in [9.17, 15) is 44.7 Å². The predicted molar refractivity (Wildman–Crippen MR) is 172 cm³/mol. The van der Waals surface area contributed by atoms with E-state index in [0.717, 1.165) is 18.3 Å². The van der Waals surface area contributed by atoms with Crippen molar-refractivity contribution in [3.8, 4) is 0 Å². The largest absolute Gasteiger partial charge is 0.459 e. The molecule has 49 heavy (non-hydrogen) atoms. The van der Waals surface area contributed by atoms with Crippen molar-refractivity contribution in [3.63, 3.8) is 0 Å². The molecule has 0 radical (unpaired) electrons. The van der Waals surface area contributed by atoms with Gasteiger partial charge < -0.3 is 49.8 Å². The molecule has 0 aromatic carbocycles. The molecule has 2 saturated carbocycles. The zero-order chi connectivity index (χ0) is 36.3. The third-order valence-corrected chi connectivity index (χ3v) is 12.1. The summed E-state index contributed by atoms with van der Waals surface area (Å²) in [6, 6.07) is 1.97. The Kier molecular flexibility index (Phi) is 9.97. The van der Waals surface area contributed by atoms with Crippen LogP contribution in [-0.4, -0.2) is 110 Å². The van der Waals surface area contributed by atoms with Gasteiger partial charge in [0.2, 0.25) is 0 Å². The van der Waals surface area contributed by atoms with Crippen molar-refractivity contribution in [1.82, 2.24) is 5.32 Å². The number of nitrogens with one attached hydrogen (secondary N) is 1. The number of hydrogen-bond donors (Lipinski definition) is 6. The molecule has 14 nitrogen and oxygen atoms in total. The zero-order valence-corrected chi connectivity index (χ0v) is 29.1. The fourth-order valence-electron chi connectivity index (χ4n) is 8.31. The lowest BCUT2D eigenvalue weighted by Crippen LogP contribution is -2.81. The average Bonchev–Trinajstić information content (AvgIpc) is 3.56. The first-order chi connectivity index (χ1) is 22.9. The van der Waals surface area contributed by atoms with Crippen LogP contribution in [0.25, 0.3) is 0 Å². The molecule has 1 saturated heterocycles. The monoisotopic (exact) mass is 707 g/mol. The van der Waals surface area contributed by atoms with Crippen molar-refractivity contribution in [1.29, 1.82) is 0 Å². The minimum Gasteiger partial charge on any atom is -0.459 e. The second-order valence-electron chi connectivity index (χ2n) is 14.1. The highest BCUT2D eigenvalue weighted by molar-refractivity contribution is 7.10. The molecule has 11 atom stereocenters. The van der Waals surface area contributed by atoms with Crippen molar-refractivity contribution in [3.05, 3.63) is 45.7 Å². The Balaban J connectivity index is 1.57. The summed E-state index contributed by atoms with van der Waals surface area (Å²) in [5.74, 6) is -4.39. The average molecular weight is 708 g/mol. The molecule has 2 heterocycles. The van der Waals surface area contributed by atoms with Gasteiger partial charge in [-0.3, -0.25) is 9.59 Å². The first kappa shape index (κ1) is 37.1. The molecule has 3 aliphatic carbocycles. The number of amides is 1. The number of ether oxygens (including phenoxy) is 4. The molecule has 270 valence electrons. The minimum absolute atomic E-state index is 0.0259. The Labute approximate surface area is 287 Å². The van der Waals surface area contributed by atoms with E-state index in [0.29, 0.717) is 4.88 Å². The van der Waals surface area contributed by atoms with Crippen molar-refractivity contribution in [2.75, 3.05) is 13.2 Å². The van der Waals surface area contributed by atoms with Crippen LogP contribution in [0.15, 0.2) is 40.8 Å². The molecule has 0 spiro atoms. The molecule has 1 aromatic rings. The number of ketones is 1. The number of esters is 2. The van der Waals surface area contributed by atoms with Gasteiger partial charge in [0.05, 0.1) is 24.2 Å². The summed E-state index contributed by atoms with van der Waals surface area (Å²) >= 11 is 1.16. The molecule has 4 aliphatic rings. The van der Waals surface area contributed by atoms with Crippen LogP contribution >= 0.6 is 11.3 Å². The summed E-state index contributed by atoms with van der Waals surface area (Å²) in [6.07, 6.45) is -7.62. The number of hydrogen-bond acceptors (Lipinski definition) is 14. The maximum atomic E-state index is 14.4. The fraction of sp³-hybridized carbons (Fsp3) is 0.647. The van der Waals surface area contributed by atoms with Crippen molar-refractivity contribution in [2.45, 2.75) is 108 Å². The van der Waals surface area contributed by atoms with Gasteiger partial charge in [-0.05, 0) is 43.4 Å². The highest BCUT2D eigenvalue weighted by Gasteiger charge is 2.76. The minimum atomic E-state index is -2.23. The van der Waals surface area contributed by atoms with E-state index in [4.69, 9.17) is 18.9 Å². The number of fused-ring (bicyclic) bond motifs is 5. The molecule has 1 aromatic heterocycles. The van der Waals surface area contributed by atoms with Crippen LogP contribution in [0, 0.1) is 16.7 Å². The quantitative estimate of drug-likeness (QED) is 0.127. The van der Waals surface area contributed by atoms with E-state index in [1.165, 1.54) is 13.8 Å². The van der Waals surface area contributed by atoms with Gasteiger partial charge in [-0.15, -0.1) is 11.3 Å². The fourth-order valence-corrected chi connectivity index (χ4v) is 9.11. The van der Waals surface area contributed by atoms with Gasteiger partial charge in [-0.25, -0.2) is 9.59 Å². The molecular weight excluding hydrogens is 662 g/mol. The van der Waals surface area contributed by atoms with E-state index < -0.39 is 101 Å². The molecule has 1 aliphatic heterocycles. The number of carbonyl (C=O) groups is 4. The molecule has 3 fully saturated rings. The van der Waals surface area contributed by atoms with E-state index in [1.54, 1.807) is 50.4 Å². The highest BCUT2D eigenvalue weighted by Crippen LogP contribution is 2.63. The first-order valence-electron chi connectivity index (χ1n) is 16.2. The van der Waals surface area contributed by atoms with E-state index in [1.807, 2.05) is 0 Å². The summed E-state index contributed by atoms with van der Waals surface area (Å²) in [5.41, 5.74) is -7.35. The van der Waals surface area contributed by atoms with Crippen LogP contribution in [0.5, 0.6) is 0 Å². The van der Waals surface area contributed by atoms with Crippen molar-refractivity contribution >= 4 is 35.2 Å². The van der Waals surface area contributed by atoms with Crippen LogP contribution in [0.1, 0.15) is 65.3 Å². The summed E-state index contributed by atoms with van der Waals surface area (Å²) in [7, 11) is 0. The smallest absolute Gasteiger partial charge is 0.408 e. The summed E-state index contributed by atoms with van der Waals surface area (Å²) in [5, 5.41) is 63.5. The maximum Gasteiger partial charge on any atom is 0.408 e. The molecule has 0 unspecified atom stereocenters. The number of rotatable bonds is 8. The maximum absolute atomic E-state index is 14.4. The number of aliphatic hydroxyl groups excluding tert-OH is 3. The molecule has 5 rings (SSSR count). The number of carbonyl (C=O) groups excluding carboxylic acids is 4. The van der Waals surface area contributed by atoms with Crippen molar-refractivity contribution < 1.29 is 63.7 Å². The van der Waals surface area contributed by atoms with E-state index in [-0.39, 0.29) is 30.8 Å². The van der Waals surface area contributed by atoms with Crippen molar-refractivity contribution in [2.24, 2.45) is 16.7 Å². The second kappa shape index (κ2) is 13.2. The highest BCUT2D eigenvalue weighted by atomic mass is 32.1. The number of aliphatic hydroxyl groups is 5. The van der Waals surface area contributed by atoms with Crippen LogP contribution < -0.4 is 5.32 Å². The van der Waals surface area contributed by atoms with Gasteiger partial charge in [0.1, 0.15) is 42.2 Å². The van der Waals surface area contributed by atoms with Gasteiger partial charge in [-0.1, -0.05) is 32.1 Å². The molecular formula is C34H45NO13S. The lowest BCUT2D eigenvalue weighted by atomic mass is 9.45. The van der Waals surface area contributed by atoms with Crippen LogP contribution in [0.2, 0.25) is 0 Å². The number of allylic oxidation sites excluding steroid dienone is 1. The Bertz CT molecular complexity index is 1540.